The van der Waals surface area contributed by atoms with Crippen LogP contribution >= 0.6 is 11.6 Å². The maximum absolute atomic E-state index is 13.2. The smallest absolute Gasteiger partial charge is 0.196 e. The first-order chi connectivity index (χ1) is 13.1. The van der Waals surface area contributed by atoms with Gasteiger partial charge in [-0.25, -0.2) is 4.98 Å². The van der Waals surface area contributed by atoms with Crippen LogP contribution < -0.4 is 10.1 Å². The summed E-state index contributed by atoms with van der Waals surface area (Å²) in [6, 6.07) is 13.8. The summed E-state index contributed by atoms with van der Waals surface area (Å²) in [7, 11) is 0. The first kappa shape index (κ1) is 18.0. The summed E-state index contributed by atoms with van der Waals surface area (Å²) >= 11 is 6.25. The SMILES string of the molecule is Cc1ccc(C(=O)c2cc(OC[C@@H]3CCCN3)cnc2Cl)c2ccccc12. The van der Waals surface area contributed by atoms with Crippen LogP contribution in [0.25, 0.3) is 10.8 Å². The molecule has 0 unspecified atom stereocenters. The second-order valence-corrected chi connectivity index (χ2v) is 7.28. The maximum Gasteiger partial charge on any atom is 0.196 e. The van der Waals surface area contributed by atoms with Gasteiger partial charge >= 0.3 is 0 Å². The van der Waals surface area contributed by atoms with Crippen molar-refractivity contribution < 1.29 is 9.53 Å². The van der Waals surface area contributed by atoms with Gasteiger partial charge in [0.15, 0.2) is 5.78 Å². The minimum atomic E-state index is -0.145. The molecule has 5 heteroatoms. The van der Waals surface area contributed by atoms with Gasteiger partial charge in [-0.05, 0) is 48.7 Å². The summed E-state index contributed by atoms with van der Waals surface area (Å²) in [5.74, 6) is 0.418. The molecule has 4 rings (SSSR count). The predicted octanol–water partition coefficient (Wildman–Crippen LogP) is 4.56. The van der Waals surface area contributed by atoms with Crippen molar-refractivity contribution in [2.75, 3.05) is 13.2 Å². The topological polar surface area (TPSA) is 51.2 Å². The van der Waals surface area contributed by atoms with E-state index < -0.39 is 0 Å². The normalized spacial score (nSPS) is 16.6. The molecule has 1 aliphatic heterocycles. The van der Waals surface area contributed by atoms with Gasteiger partial charge in [0.05, 0.1) is 11.8 Å². The van der Waals surface area contributed by atoms with Crippen molar-refractivity contribution in [3.8, 4) is 5.75 Å². The lowest BCUT2D eigenvalue weighted by Gasteiger charge is -2.13. The van der Waals surface area contributed by atoms with Crippen molar-refractivity contribution in [1.29, 1.82) is 0 Å². The molecule has 0 aliphatic carbocycles. The molecule has 1 atom stereocenters. The lowest BCUT2D eigenvalue weighted by molar-refractivity contribution is 0.103. The quantitative estimate of drug-likeness (QED) is 0.520. The van der Waals surface area contributed by atoms with Crippen molar-refractivity contribution in [2.24, 2.45) is 0 Å². The molecule has 1 N–H and O–H groups in total. The number of benzene rings is 2. The van der Waals surface area contributed by atoms with Crippen LogP contribution in [-0.4, -0.2) is 30.0 Å². The standard InChI is InChI=1S/C22H21ClN2O2/c1-14-8-9-19(18-7-3-2-6-17(14)18)21(26)20-11-16(12-25-22(20)23)27-13-15-5-4-10-24-15/h2-3,6-9,11-12,15,24H,4-5,10,13H2,1H3/t15-/m0/s1. The molecule has 1 fully saturated rings. The highest BCUT2D eigenvalue weighted by atomic mass is 35.5. The van der Waals surface area contributed by atoms with E-state index in [4.69, 9.17) is 16.3 Å². The lowest BCUT2D eigenvalue weighted by atomic mass is 9.95. The van der Waals surface area contributed by atoms with Crippen molar-refractivity contribution in [2.45, 2.75) is 25.8 Å². The number of ketones is 1. The highest BCUT2D eigenvalue weighted by Gasteiger charge is 2.19. The molecule has 1 saturated heterocycles. The molecular weight excluding hydrogens is 360 g/mol. The van der Waals surface area contributed by atoms with Gasteiger partial charge in [-0.2, -0.15) is 0 Å². The summed E-state index contributed by atoms with van der Waals surface area (Å²) in [5, 5.41) is 5.56. The third kappa shape index (κ3) is 3.68. The van der Waals surface area contributed by atoms with Crippen molar-refractivity contribution >= 4 is 28.2 Å². The Morgan fingerprint density at radius 3 is 2.81 bits per heavy atom. The number of halogens is 1. The number of carbonyl (C=O) groups is 1. The number of aromatic nitrogens is 1. The van der Waals surface area contributed by atoms with Gasteiger partial charge in [0.25, 0.3) is 0 Å². The summed E-state index contributed by atoms with van der Waals surface area (Å²) in [4.78, 5) is 17.4. The molecule has 2 aromatic carbocycles. The Hall–Kier alpha value is -2.43. The van der Waals surface area contributed by atoms with Crippen LogP contribution in [0.5, 0.6) is 5.75 Å². The van der Waals surface area contributed by atoms with E-state index in [1.54, 1.807) is 12.3 Å². The van der Waals surface area contributed by atoms with E-state index in [-0.39, 0.29) is 10.9 Å². The van der Waals surface area contributed by atoms with Gasteiger partial charge in [0.1, 0.15) is 17.5 Å². The van der Waals surface area contributed by atoms with Crippen molar-refractivity contribution in [1.82, 2.24) is 10.3 Å². The number of fused-ring (bicyclic) bond motifs is 1. The number of nitrogens with zero attached hydrogens (tertiary/aromatic N) is 1. The summed E-state index contributed by atoms with van der Waals surface area (Å²) in [5.41, 5.74) is 2.12. The summed E-state index contributed by atoms with van der Waals surface area (Å²) in [6.45, 7) is 3.62. The van der Waals surface area contributed by atoms with E-state index in [1.807, 2.05) is 43.3 Å². The van der Waals surface area contributed by atoms with Crippen LogP contribution in [-0.2, 0) is 0 Å². The first-order valence-corrected chi connectivity index (χ1v) is 9.56. The zero-order valence-corrected chi connectivity index (χ0v) is 15.9. The fourth-order valence-electron chi connectivity index (χ4n) is 3.56. The van der Waals surface area contributed by atoms with Gasteiger partial charge in [-0.3, -0.25) is 4.79 Å². The minimum absolute atomic E-state index is 0.145. The molecule has 3 aromatic rings. The van der Waals surface area contributed by atoms with Crippen molar-refractivity contribution in [3.63, 3.8) is 0 Å². The number of nitrogens with one attached hydrogen (secondary N) is 1. The van der Waals surface area contributed by atoms with Crippen LogP contribution in [0.3, 0.4) is 0 Å². The predicted molar refractivity (Wildman–Crippen MR) is 108 cm³/mol. The van der Waals surface area contributed by atoms with E-state index in [2.05, 4.69) is 10.3 Å². The molecule has 1 aromatic heterocycles. The molecule has 0 bridgehead atoms. The molecule has 0 saturated carbocycles. The number of pyridine rings is 1. The van der Waals surface area contributed by atoms with Gasteiger partial charge in [-0.15, -0.1) is 0 Å². The molecule has 1 aliphatic rings. The van der Waals surface area contributed by atoms with E-state index in [0.717, 1.165) is 35.7 Å². The summed E-state index contributed by atoms with van der Waals surface area (Å²) in [6.07, 6.45) is 3.83. The van der Waals surface area contributed by atoms with Gasteiger partial charge in [0, 0.05) is 11.6 Å². The Balaban J connectivity index is 1.65. The second kappa shape index (κ2) is 7.67. The summed E-state index contributed by atoms with van der Waals surface area (Å²) < 4.78 is 5.84. The van der Waals surface area contributed by atoms with Crippen LogP contribution in [0.4, 0.5) is 0 Å². The molecule has 0 radical (unpaired) electrons. The zero-order chi connectivity index (χ0) is 18.8. The molecular formula is C22H21ClN2O2. The first-order valence-electron chi connectivity index (χ1n) is 9.18. The Kier molecular flexibility index (Phi) is 5.10. The largest absolute Gasteiger partial charge is 0.490 e. The van der Waals surface area contributed by atoms with Crippen LogP contribution in [0.15, 0.2) is 48.7 Å². The molecule has 0 spiro atoms. The van der Waals surface area contributed by atoms with E-state index in [9.17, 15) is 4.79 Å². The highest BCUT2D eigenvalue weighted by molar-refractivity contribution is 6.34. The van der Waals surface area contributed by atoms with E-state index >= 15 is 0 Å². The number of hydrogen-bond donors (Lipinski definition) is 1. The number of carbonyl (C=O) groups excluding carboxylic acids is 1. The Labute approximate surface area is 163 Å². The Morgan fingerprint density at radius 2 is 2.04 bits per heavy atom. The Morgan fingerprint density at radius 1 is 1.22 bits per heavy atom. The fourth-order valence-corrected chi connectivity index (χ4v) is 3.74. The number of aryl methyl sites for hydroxylation is 1. The molecule has 4 nitrogen and oxygen atoms in total. The van der Waals surface area contributed by atoms with Crippen molar-refractivity contribution in [3.05, 3.63) is 70.5 Å². The minimum Gasteiger partial charge on any atom is -0.490 e. The molecule has 138 valence electrons. The van der Waals surface area contributed by atoms with E-state index in [0.29, 0.717) is 29.5 Å². The van der Waals surface area contributed by atoms with E-state index in [1.165, 1.54) is 0 Å². The highest BCUT2D eigenvalue weighted by Crippen LogP contribution is 2.28. The molecule has 2 heterocycles. The van der Waals surface area contributed by atoms with Gasteiger partial charge < -0.3 is 10.1 Å². The molecule has 27 heavy (non-hydrogen) atoms. The second-order valence-electron chi connectivity index (χ2n) is 6.92. The van der Waals surface area contributed by atoms with Crippen LogP contribution in [0.2, 0.25) is 5.15 Å². The lowest BCUT2D eigenvalue weighted by Crippen LogP contribution is -2.28. The van der Waals surface area contributed by atoms with Crippen LogP contribution in [0, 0.1) is 6.92 Å². The third-order valence-electron chi connectivity index (χ3n) is 5.06. The number of hydrogen-bond acceptors (Lipinski definition) is 4. The zero-order valence-electron chi connectivity index (χ0n) is 15.2. The number of rotatable bonds is 5. The average Bonchev–Trinajstić information content (AvgIpc) is 3.21. The van der Waals surface area contributed by atoms with Crippen LogP contribution in [0.1, 0.15) is 34.3 Å². The monoisotopic (exact) mass is 380 g/mol. The number of ether oxygens (including phenoxy) is 1. The Bertz CT molecular complexity index is 997. The maximum atomic E-state index is 13.2. The van der Waals surface area contributed by atoms with Gasteiger partial charge in [0.2, 0.25) is 0 Å². The fraction of sp³-hybridized carbons (Fsp3) is 0.273. The van der Waals surface area contributed by atoms with Gasteiger partial charge in [-0.1, -0.05) is 48.0 Å². The third-order valence-corrected chi connectivity index (χ3v) is 5.36. The average molecular weight is 381 g/mol. The molecule has 0 amide bonds.